The van der Waals surface area contributed by atoms with Crippen molar-refractivity contribution >= 4 is 23.7 Å². The molecule has 15 heavy (non-hydrogen) atoms. The number of halogens is 2. The average molecular weight is 245 g/mol. The molecule has 0 aliphatic rings. The molecule has 2 aromatic heterocycles. The van der Waals surface area contributed by atoms with E-state index in [9.17, 15) is 4.39 Å². The van der Waals surface area contributed by atoms with Crippen molar-refractivity contribution in [2.24, 2.45) is 5.73 Å². The summed E-state index contributed by atoms with van der Waals surface area (Å²) in [6, 6.07) is 6.72. The molecule has 2 N–H and O–H groups in total. The molecule has 0 bridgehead atoms. The Balaban J connectivity index is 0.00000112. The van der Waals surface area contributed by atoms with Crippen LogP contribution in [0.25, 0.3) is 0 Å². The summed E-state index contributed by atoms with van der Waals surface area (Å²) in [6.45, 7) is 0. The lowest BCUT2D eigenvalue weighted by molar-refractivity contribution is 0.559. The third kappa shape index (κ3) is 2.53. The van der Waals surface area contributed by atoms with Crippen LogP contribution in [0, 0.1) is 5.95 Å². The summed E-state index contributed by atoms with van der Waals surface area (Å²) in [4.78, 5) is 4.51. The molecular formula is C10H10ClFN2S. The molecule has 0 spiro atoms. The number of hydrogen-bond acceptors (Lipinski definition) is 3. The molecule has 0 aromatic carbocycles. The number of rotatable bonds is 2. The Hall–Kier alpha value is -0.970. The molecule has 2 nitrogen and oxygen atoms in total. The van der Waals surface area contributed by atoms with E-state index in [2.05, 4.69) is 4.98 Å². The Morgan fingerprint density at radius 2 is 2.13 bits per heavy atom. The van der Waals surface area contributed by atoms with E-state index in [0.717, 1.165) is 4.88 Å². The highest BCUT2D eigenvalue weighted by Crippen LogP contribution is 2.24. The Labute approximate surface area is 97.4 Å². The fraction of sp³-hybridized carbons (Fsp3) is 0.100. The predicted octanol–water partition coefficient (Wildman–Crippen LogP) is 2.75. The summed E-state index contributed by atoms with van der Waals surface area (Å²) in [6.07, 6.45) is 1.42. The number of thiophene rings is 1. The second-order valence-electron chi connectivity index (χ2n) is 2.88. The topological polar surface area (TPSA) is 38.9 Å². The van der Waals surface area contributed by atoms with E-state index in [1.807, 2.05) is 17.5 Å². The van der Waals surface area contributed by atoms with E-state index >= 15 is 0 Å². The molecule has 0 aliphatic carbocycles. The van der Waals surface area contributed by atoms with Crippen LogP contribution < -0.4 is 5.73 Å². The number of nitrogens with two attached hydrogens (primary N) is 1. The van der Waals surface area contributed by atoms with Gasteiger partial charge in [-0.2, -0.15) is 4.39 Å². The molecule has 2 rings (SSSR count). The number of hydrogen-bond donors (Lipinski definition) is 1. The summed E-state index contributed by atoms with van der Waals surface area (Å²) in [5, 5.41) is 1.92. The van der Waals surface area contributed by atoms with Crippen LogP contribution >= 0.6 is 23.7 Å². The van der Waals surface area contributed by atoms with Gasteiger partial charge in [0.2, 0.25) is 5.95 Å². The van der Waals surface area contributed by atoms with Crippen molar-refractivity contribution in [3.8, 4) is 0 Å². The van der Waals surface area contributed by atoms with E-state index < -0.39 is 12.0 Å². The third-order valence-corrected chi connectivity index (χ3v) is 2.93. The number of pyridine rings is 1. The average Bonchev–Trinajstić information content (AvgIpc) is 2.70. The van der Waals surface area contributed by atoms with Crippen molar-refractivity contribution in [2.45, 2.75) is 6.04 Å². The third-order valence-electron chi connectivity index (χ3n) is 1.97. The lowest BCUT2D eigenvalue weighted by Crippen LogP contribution is -2.12. The molecule has 0 fully saturated rings. The second kappa shape index (κ2) is 5.21. The van der Waals surface area contributed by atoms with Crippen LogP contribution in [-0.4, -0.2) is 4.98 Å². The molecular weight excluding hydrogens is 235 g/mol. The van der Waals surface area contributed by atoms with Gasteiger partial charge in [-0.3, -0.25) is 0 Å². The van der Waals surface area contributed by atoms with Gasteiger partial charge in [0.1, 0.15) is 0 Å². The summed E-state index contributed by atoms with van der Waals surface area (Å²) >= 11 is 1.52. The highest BCUT2D eigenvalue weighted by molar-refractivity contribution is 7.10. The lowest BCUT2D eigenvalue weighted by Gasteiger charge is -2.09. The van der Waals surface area contributed by atoms with Crippen molar-refractivity contribution in [1.29, 1.82) is 0 Å². The highest BCUT2D eigenvalue weighted by atomic mass is 35.5. The maximum Gasteiger partial charge on any atom is 0.217 e. The predicted molar refractivity (Wildman–Crippen MR) is 61.8 cm³/mol. The van der Waals surface area contributed by atoms with Gasteiger partial charge in [0.05, 0.1) is 6.04 Å². The minimum absolute atomic E-state index is 0. The first kappa shape index (κ1) is 12.1. The van der Waals surface area contributed by atoms with E-state index in [4.69, 9.17) is 5.73 Å². The number of aromatic nitrogens is 1. The van der Waals surface area contributed by atoms with Gasteiger partial charge in [-0.1, -0.05) is 12.1 Å². The lowest BCUT2D eigenvalue weighted by atomic mass is 10.1. The Kier molecular flexibility index (Phi) is 4.20. The van der Waals surface area contributed by atoms with Crippen LogP contribution in [0.4, 0.5) is 4.39 Å². The van der Waals surface area contributed by atoms with Crippen molar-refractivity contribution in [3.63, 3.8) is 0 Å². The Morgan fingerprint density at radius 3 is 2.73 bits per heavy atom. The van der Waals surface area contributed by atoms with Gasteiger partial charge in [-0.05, 0) is 17.5 Å². The Bertz CT molecular complexity index is 419. The molecule has 0 amide bonds. The second-order valence-corrected chi connectivity index (χ2v) is 3.86. The van der Waals surface area contributed by atoms with Crippen molar-refractivity contribution in [2.75, 3.05) is 0 Å². The van der Waals surface area contributed by atoms with Crippen molar-refractivity contribution < 1.29 is 4.39 Å². The van der Waals surface area contributed by atoms with E-state index in [1.54, 1.807) is 12.1 Å². The molecule has 0 saturated heterocycles. The zero-order valence-corrected chi connectivity index (χ0v) is 9.39. The molecule has 80 valence electrons. The van der Waals surface area contributed by atoms with Crippen LogP contribution in [0.1, 0.15) is 16.5 Å². The SMILES string of the molecule is Cl.N[C@H](c1cccs1)c1cccnc1F. The normalized spacial score (nSPS) is 11.9. The molecule has 0 aliphatic heterocycles. The minimum atomic E-state index is -0.492. The van der Waals surface area contributed by atoms with Gasteiger partial charge in [-0.25, -0.2) is 4.98 Å². The zero-order chi connectivity index (χ0) is 9.97. The molecule has 2 aromatic rings. The maximum atomic E-state index is 13.2. The summed E-state index contributed by atoms with van der Waals surface area (Å²) in [5.41, 5.74) is 6.33. The van der Waals surface area contributed by atoms with Crippen molar-refractivity contribution in [1.82, 2.24) is 4.98 Å². The smallest absolute Gasteiger partial charge is 0.217 e. The van der Waals surface area contributed by atoms with E-state index in [-0.39, 0.29) is 12.4 Å². The first-order valence-corrected chi connectivity index (χ1v) is 5.06. The van der Waals surface area contributed by atoms with Crippen LogP contribution in [-0.2, 0) is 0 Å². The summed E-state index contributed by atoms with van der Waals surface area (Å²) < 4.78 is 13.2. The standard InChI is InChI=1S/C10H9FN2S.ClH/c11-10-7(3-1-5-13-10)9(12)8-4-2-6-14-8;/h1-6,9H,12H2;1H/t9-;/m0./s1. The summed E-state index contributed by atoms with van der Waals surface area (Å²) in [7, 11) is 0. The zero-order valence-electron chi connectivity index (χ0n) is 7.76. The monoisotopic (exact) mass is 244 g/mol. The molecule has 0 radical (unpaired) electrons. The van der Waals surface area contributed by atoms with E-state index in [0.29, 0.717) is 5.56 Å². The molecule has 0 saturated carbocycles. The van der Waals surface area contributed by atoms with Gasteiger partial charge >= 0.3 is 0 Å². The van der Waals surface area contributed by atoms with Crippen molar-refractivity contribution in [3.05, 3.63) is 52.2 Å². The highest BCUT2D eigenvalue weighted by Gasteiger charge is 2.14. The van der Waals surface area contributed by atoms with Gasteiger partial charge < -0.3 is 5.73 Å². The van der Waals surface area contributed by atoms with Crippen LogP contribution in [0.3, 0.4) is 0 Å². The van der Waals surface area contributed by atoms with Crippen LogP contribution in [0.15, 0.2) is 35.8 Å². The van der Waals surface area contributed by atoms with Gasteiger partial charge in [0.25, 0.3) is 0 Å². The van der Waals surface area contributed by atoms with Gasteiger partial charge in [0.15, 0.2) is 0 Å². The van der Waals surface area contributed by atoms with Crippen LogP contribution in [0.5, 0.6) is 0 Å². The molecule has 5 heteroatoms. The largest absolute Gasteiger partial charge is 0.319 e. The van der Waals surface area contributed by atoms with E-state index in [1.165, 1.54) is 17.5 Å². The quantitative estimate of drug-likeness (QED) is 0.825. The minimum Gasteiger partial charge on any atom is -0.319 e. The maximum absolute atomic E-state index is 13.2. The fourth-order valence-corrected chi connectivity index (χ4v) is 2.00. The molecule has 2 heterocycles. The van der Waals surface area contributed by atoms with Crippen LogP contribution in [0.2, 0.25) is 0 Å². The number of nitrogens with zero attached hydrogens (tertiary/aromatic N) is 1. The fourth-order valence-electron chi connectivity index (χ4n) is 1.25. The Morgan fingerprint density at radius 1 is 1.33 bits per heavy atom. The molecule has 0 unspecified atom stereocenters. The summed E-state index contributed by atoms with van der Waals surface area (Å²) in [5.74, 6) is -0.492. The van der Waals surface area contributed by atoms with Gasteiger partial charge in [-0.15, -0.1) is 23.7 Å². The van der Waals surface area contributed by atoms with Gasteiger partial charge in [0, 0.05) is 16.6 Å². The molecule has 1 atom stereocenters. The first-order chi connectivity index (χ1) is 6.79. The first-order valence-electron chi connectivity index (χ1n) is 4.18.